The Morgan fingerprint density at radius 2 is 2.00 bits per heavy atom. The van der Waals surface area contributed by atoms with E-state index in [1.165, 1.54) is 0 Å². The lowest BCUT2D eigenvalue weighted by Crippen LogP contribution is -3.10. The van der Waals surface area contributed by atoms with Crippen molar-refractivity contribution in [2.24, 2.45) is 0 Å². The Bertz CT molecular complexity index is 419. The van der Waals surface area contributed by atoms with Crippen LogP contribution in [0.15, 0.2) is 24.3 Å². The van der Waals surface area contributed by atoms with Crippen LogP contribution in [-0.2, 0) is 11.2 Å². The summed E-state index contributed by atoms with van der Waals surface area (Å²) in [6.07, 6.45) is 0.737. The fraction of sp³-hybridized carbons (Fsp3) is 0.562. The Hall–Kier alpha value is -1.43. The number of quaternary nitrogens is 1. The summed E-state index contributed by atoms with van der Waals surface area (Å²) in [5.74, 6) is 0.897. The molecule has 0 spiro atoms. The summed E-state index contributed by atoms with van der Waals surface area (Å²) in [5.41, 5.74) is 1.10. The van der Waals surface area contributed by atoms with E-state index in [0.717, 1.165) is 16.9 Å². The van der Waals surface area contributed by atoms with Crippen LogP contribution in [0.4, 0.5) is 0 Å². The predicted molar refractivity (Wildman–Crippen MR) is 80.7 cm³/mol. The number of aliphatic hydroxyl groups is 2. The van der Waals surface area contributed by atoms with Gasteiger partial charge < -0.3 is 24.6 Å². The highest BCUT2D eigenvalue weighted by atomic mass is 16.5. The maximum atomic E-state index is 10.9. The highest BCUT2D eigenvalue weighted by Crippen LogP contribution is 2.13. The fourth-order valence-electron chi connectivity index (χ4n) is 2.02. The van der Waals surface area contributed by atoms with Gasteiger partial charge in [0.05, 0.1) is 13.7 Å². The number of hydrogen-bond donors (Lipinski definition) is 3. The number of likely N-dealkylation sites (N-methyl/N-ethyl adjacent to an activating group) is 1. The van der Waals surface area contributed by atoms with Gasteiger partial charge in [-0.1, -0.05) is 12.1 Å². The minimum absolute atomic E-state index is 0.112. The number of hydrogen-bond acceptors (Lipinski definition) is 4. The first-order valence-electron chi connectivity index (χ1n) is 7.32. The van der Waals surface area contributed by atoms with Crippen molar-refractivity contribution in [2.45, 2.75) is 25.9 Å². The molecule has 5 nitrogen and oxygen atoms in total. The summed E-state index contributed by atoms with van der Waals surface area (Å²) in [7, 11) is 1.92. The van der Waals surface area contributed by atoms with Gasteiger partial charge in [-0.3, -0.25) is 0 Å². The van der Waals surface area contributed by atoms with Crippen molar-refractivity contribution in [1.29, 1.82) is 0 Å². The number of Topliss-reactive ketones (excluding diaryl/α,β-unsaturated/α-hetero) is 1. The highest BCUT2D eigenvalue weighted by Gasteiger charge is 2.11. The molecule has 1 aromatic carbocycles. The molecule has 5 heteroatoms. The van der Waals surface area contributed by atoms with Crippen molar-refractivity contribution in [3.8, 4) is 5.75 Å². The third-order valence-electron chi connectivity index (χ3n) is 3.25. The zero-order valence-corrected chi connectivity index (χ0v) is 12.8. The molecule has 0 aliphatic rings. The van der Waals surface area contributed by atoms with Gasteiger partial charge in [0.2, 0.25) is 0 Å². The van der Waals surface area contributed by atoms with E-state index in [9.17, 15) is 9.90 Å². The molecule has 21 heavy (non-hydrogen) atoms. The zero-order chi connectivity index (χ0) is 15.7. The smallest absolute Gasteiger partial charge is 0.137 e. The van der Waals surface area contributed by atoms with Crippen LogP contribution in [0, 0.1) is 0 Å². The molecular formula is C16H26NO4+. The topological polar surface area (TPSA) is 71.2 Å². The average molecular weight is 296 g/mol. The van der Waals surface area contributed by atoms with Crippen LogP contribution in [0.3, 0.4) is 0 Å². The van der Waals surface area contributed by atoms with E-state index in [1.807, 2.05) is 31.3 Å². The summed E-state index contributed by atoms with van der Waals surface area (Å²) in [6.45, 7) is 3.09. The lowest BCUT2D eigenvalue weighted by Gasteiger charge is -2.17. The first kappa shape index (κ1) is 17.6. The summed E-state index contributed by atoms with van der Waals surface area (Å²) >= 11 is 0. The molecule has 1 aromatic rings. The quantitative estimate of drug-likeness (QED) is 0.542. The second-order valence-corrected chi connectivity index (χ2v) is 5.45. The predicted octanol–water partition coefficient (Wildman–Crippen LogP) is -0.545. The van der Waals surface area contributed by atoms with E-state index in [1.54, 1.807) is 6.92 Å². The maximum absolute atomic E-state index is 10.9. The normalized spacial score (nSPS) is 13.7. The second-order valence-electron chi connectivity index (χ2n) is 5.45. The van der Waals surface area contributed by atoms with Crippen molar-refractivity contribution in [2.75, 3.05) is 33.4 Å². The Labute approximate surface area is 126 Å². The van der Waals surface area contributed by atoms with Gasteiger partial charge in [-0.15, -0.1) is 0 Å². The number of carbonyl (C=O) groups is 1. The first-order chi connectivity index (χ1) is 10.0. The standard InChI is InChI=1S/C16H25NO4/c1-13(19)3-4-14-5-7-16(8-6-14)21-12-15(20)11-17(2)9-10-18/h5-8,15,18,20H,3-4,9-12H2,1-2H3/p+1/t15-/m0/s1. The Morgan fingerprint density at radius 1 is 1.33 bits per heavy atom. The number of ether oxygens (including phenoxy) is 1. The van der Waals surface area contributed by atoms with E-state index in [-0.39, 0.29) is 19.0 Å². The molecule has 0 aliphatic heterocycles. The van der Waals surface area contributed by atoms with Gasteiger partial charge in [0, 0.05) is 6.42 Å². The molecular weight excluding hydrogens is 270 g/mol. The molecule has 0 saturated carbocycles. The summed E-state index contributed by atoms with van der Waals surface area (Å²) in [4.78, 5) is 12.0. The monoisotopic (exact) mass is 296 g/mol. The van der Waals surface area contributed by atoms with Crippen LogP contribution >= 0.6 is 0 Å². The lowest BCUT2D eigenvalue weighted by atomic mass is 10.1. The Morgan fingerprint density at radius 3 is 2.57 bits per heavy atom. The molecule has 2 atom stereocenters. The number of carbonyl (C=O) groups excluding carboxylic acids is 1. The molecule has 0 radical (unpaired) electrons. The van der Waals surface area contributed by atoms with Gasteiger partial charge in [0.1, 0.15) is 37.3 Å². The van der Waals surface area contributed by atoms with Gasteiger partial charge in [-0.25, -0.2) is 0 Å². The van der Waals surface area contributed by atoms with Crippen LogP contribution in [0.5, 0.6) is 5.75 Å². The SMILES string of the molecule is CC(=O)CCc1ccc(OC[C@@H](O)C[NH+](C)CCO)cc1. The third kappa shape index (κ3) is 7.80. The van der Waals surface area contributed by atoms with Crippen LogP contribution in [0.2, 0.25) is 0 Å². The number of aliphatic hydroxyl groups excluding tert-OH is 2. The molecule has 0 fully saturated rings. The number of benzene rings is 1. The van der Waals surface area contributed by atoms with E-state index < -0.39 is 6.10 Å². The Kier molecular flexibility index (Phi) is 7.97. The van der Waals surface area contributed by atoms with Crippen molar-refractivity contribution in [3.63, 3.8) is 0 Å². The minimum atomic E-state index is -0.561. The van der Waals surface area contributed by atoms with Gasteiger partial charge >= 0.3 is 0 Å². The van der Waals surface area contributed by atoms with Gasteiger partial charge in [0.25, 0.3) is 0 Å². The van der Waals surface area contributed by atoms with Crippen molar-refractivity contribution in [1.82, 2.24) is 0 Å². The van der Waals surface area contributed by atoms with E-state index in [4.69, 9.17) is 9.84 Å². The van der Waals surface area contributed by atoms with Crippen LogP contribution < -0.4 is 9.64 Å². The average Bonchev–Trinajstić information content (AvgIpc) is 2.44. The first-order valence-corrected chi connectivity index (χ1v) is 7.32. The molecule has 1 unspecified atom stereocenters. The molecule has 3 N–H and O–H groups in total. The second kappa shape index (κ2) is 9.50. The zero-order valence-electron chi connectivity index (χ0n) is 12.8. The van der Waals surface area contributed by atoms with Gasteiger partial charge in [0.15, 0.2) is 0 Å². The maximum Gasteiger partial charge on any atom is 0.137 e. The van der Waals surface area contributed by atoms with Crippen LogP contribution in [0.1, 0.15) is 18.9 Å². The third-order valence-corrected chi connectivity index (χ3v) is 3.25. The fourth-order valence-corrected chi connectivity index (χ4v) is 2.02. The van der Waals surface area contributed by atoms with E-state index >= 15 is 0 Å². The highest BCUT2D eigenvalue weighted by molar-refractivity contribution is 5.75. The lowest BCUT2D eigenvalue weighted by molar-refractivity contribution is -0.883. The molecule has 0 saturated heterocycles. The van der Waals surface area contributed by atoms with Crippen molar-refractivity contribution < 1.29 is 24.6 Å². The molecule has 0 bridgehead atoms. The largest absolute Gasteiger partial charge is 0.491 e. The van der Waals surface area contributed by atoms with Crippen LogP contribution in [0.25, 0.3) is 0 Å². The molecule has 0 aliphatic carbocycles. The molecule has 0 amide bonds. The van der Waals surface area contributed by atoms with Crippen molar-refractivity contribution in [3.05, 3.63) is 29.8 Å². The van der Waals surface area contributed by atoms with E-state index in [0.29, 0.717) is 25.3 Å². The van der Waals surface area contributed by atoms with Crippen molar-refractivity contribution >= 4 is 5.78 Å². The molecule has 1 rings (SSSR count). The molecule has 0 heterocycles. The summed E-state index contributed by atoms with van der Waals surface area (Å²) in [6, 6.07) is 7.58. The van der Waals surface area contributed by atoms with Crippen LogP contribution in [-0.4, -0.2) is 55.5 Å². The Balaban J connectivity index is 2.33. The van der Waals surface area contributed by atoms with Gasteiger partial charge in [-0.2, -0.15) is 0 Å². The number of aryl methyl sites for hydroxylation is 1. The summed E-state index contributed by atoms with van der Waals surface area (Å²) < 4.78 is 5.53. The minimum Gasteiger partial charge on any atom is -0.491 e. The van der Waals surface area contributed by atoms with Gasteiger partial charge in [-0.05, 0) is 31.0 Å². The molecule has 0 aromatic heterocycles. The number of ketones is 1. The van der Waals surface area contributed by atoms with E-state index in [2.05, 4.69) is 0 Å². The number of rotatable bonds is 10. The summed E-state index contributed by atoms with van der Waals surface area (Å²) in [5, 5.41) is 18.6. The number of nitrogens with one attached hydrogen (secondary N) is 1. The molecule has 118 valence electrons.